The van der Waals surface area contributed by atoms with Gasteiger partial charge in [-0.3, -0.25) is 4.79 Å². The predicted molar refractivity (Wildman–Crippen MR) is 59.3 cm³/mol. The van der Waals surface area contributed by atoms with Crippen LogP contribution in [0, 0.1) is 5.41 Å². The molecule has 0 aromatic rings. The summed E-state index contributed by atoms with van der Waals surface area (Å²) in [4.78, 5) is 11.3. The Morgan fingerprint density at radius 2 is 2.21 bits per heavy atom. The molecule has 0 aromatic carbocycles. The number of hydrogen-bond donors (Lipinski definition) is 1. The monoisotopic (exact) mass is 195 g/mol. The lowest BCUT2D eigenvalue weighted by Gasteiger charge is -2.31. The number of hydrogen-bond acceptors (Lipinski definition) is 2. The van der Waals surface area contributed by atoms with E-state index in [1.165, 1.54) is 5.57 Å². The van der Waals surface area contributed by atoms with Crippen LogP contribution in [0.2, 0.25) is 0 Å². The zero-order valence-corrected chi connectivity index (χ0v) is 9.52. The molecule has 2 nitrogen and oxygen atoms in total. The highest BCUT2D eigenvalue weighted by atomic mass is 16.1. The molecule has 0 aromatic heterocycles. The highest BCUT2D eigenvalue weighted by molar-refractivity contribution is 5.91. The molecule has 1 aliphatic carbocycles. The summed E-state index contributed by atoms with van der Waals surface area (Å²) in [5.41, 5.74) is 1.54. The Morgan fingerprint density at radius 3 is 2.86 bits per heavy atom. The van der Waals surface area contributed by atoms with Crippen LogP contribution in [0.25, 0.3) is 0 Å². The maximum Gasteiger partial charge on any atom is 0.155 e. The molecular formula is C12H21NO. The summed E-state index contributed by atoms with van der Waals surface area (Å²) in [6, 6.07) is 0. The number of carbonyl (C=O) groups excluding carboxylic acids is 1. The van der Waals surface area contributed by atoms with E-state index in [9.17, 15) is 4.79 Å². The van der Waals surface area contributed by atoms with Crippen LogP contribution in [-0.2, 0) is 4.79 Å². The maximum atomic E-state index is 11.3. The number of allylic oxidation sites excluding steroid dienone is 1. The predicted octanol–water partition coefficient (Wildman–Crippen LogP) is 2.30. The van der Waals surface area contributed by atoms with Crippen LogP contribution in [0.3, 0.4) is 0 Å². The van der Waals surface area contributed by atoms with Gasteiger partial charge in [-0.05, 0) is 37.4 Å². The first-order valence-electron chi connectivity index (χ1n) is 5.51. The van der Waals surface area contributed by atoms with Crippen molar-refractivity contribution < 1.29 is 4.79 Å². The van der Waals surface area contributed by atoms with Gasteiger partial charge in [0.05, 0.1) is 0 Å². The molecule has 0 bridgehead atoms. The van der Waals surface area contributed by atoms with Crippen LogP contribution >= 0.6 is 0 Å². The third-order valence-corrected chi connectivity index (χ3v) is 3.02. The molecule has 0 fully saturated rings. The number of rotatable bonds is 4. The summed E-state index contributed by atoms with van der Waals surface area (Å²) in [7, 11) is 0. The van der Waals surface area contributed by atoms with Crippen molar-refractivity contribution >= 4 is 5.78 Å². The zero-order valence-electron chi connectivity index (χ0n) is 9.52. The Hall–Kier alpha value is -0.630. The molecule has 1 aliphatic rings. The Kier molecular flexibility index (Phi) is 3.87. The summed E-state index contributed by atoms with van der Waals surface area (Å²) in [6.07, 6.45) is 4.59. The van der Waals surface area contributed by atoms with E-state index >= 15 is 0 Å². The fraction of sp³-hybridized carbons (Fsp3) is 0.750. The van der Waals surface area contributed by atoms with Gasteiger partial charge in [-0.1, -0.05) is 26.3 Å². The van der Waals surface area contributed by atoms with Gasteiger partial charge in [0.15, 0.2) is 5.78 Å². The van der Waals surface area contributed by atoms with E-state index in [4.69, 9.17) is 0 Å². The van der Waals surface area contributed by atoms with Gasteiger partial charge in [-0.15, -0.1) is 0 Å². The third-order valence-electron chi connectivity index (χ3n) is 3.02. The second-order valence-electron chi connectivity index (χ2n) is 4.62. The summed E-state index contributed by atoms with van der Waals surface area (Å²) < 4.78 is 0. The minimum atomic E-state index is 0.226. The van der Waals surface area contributed by atoms with Gasteiger partial charge in [0.2, 0.25) is 0 Å². The van der Waals surface area contributed by atoms with Crippen LogP contribution in [0.4, 0.5) is 0 Å². The van der Waals surface area contributed by atoms with Gasteiger partial charge in [-0.25, -0.2) is 0 Å². The fourth-order valence-corrected chi connectivity index (χ4v) is 1.87. The van der Waals surface area contributed by atoms with Crippen LogP contribution in [-0.4, -0.2) is 18.9 Å². The minimum absolute atomic E-state index is 0.226. The van der Waals surface area contributed by atoms with Crippen molar-refractivity contribution in [1.29, 1.82) is 0 Å². The van der Waals surface area contributed by atoms with Crippen molar-refractivity contribution in [2.45, 2.75) is 40.0 Å². The van der Waals surface area contributed by atoms with Crippen LogP contribution < -0.4 is 5.32 Å². The minimum Gasteiger partial charge on any atom is -0.317 e. The average molecular weight is 195 g/mol. The smallest absolute Gasteiger partial charge is 0.155 e. The SMILES string of the molecule is CCNCCC1=CC(=O)CCC1(C)C. The molecule has 0 aliphatic heterocycles. The first-order chi connectivity index (χ1) is 6.56. The normalized spacial score (nSPS) is 20.8. The number of ketones is 1. The molecule has 0 saturated carbocycles. The maximum absolute atomic E-state index is 11.3. The van der Waals surface area contributed by atoms with E-state index in [-0.39, 0.29) is 5.41 Å². The number of nitrogens with one attached hydrogen (secondary N) is 1. The molecule has 0 heterocycles. The summed E-state index contributed by atoms with van der Waals surface area (Å²) in [6.45, 7) is 8.56. The Bertz CT molecular complexity index is 241. The molecule has 0 saturated heterocycles. The molecule has 1 N–H and O–H groups in total. The second kappa shape index (κ2) is 4.74. The van der Waals surface area contributed by atoms with E-state index in [0.717, 1.165) is 32.4 Å². The van der Waals surface area contributed by atoms with E-state index in [0.29, 0.717) is 5.78 Å². The van der Waals surface area contributed by atoms with Crippen molar-refractivity contribution in [2.24, 2.45) is 5.41 Å². The van der Waals surface area contributed by atoms with Gasteiger partial charge in [-0.2, -0.15) is 0 Å². The van der Waals surface area contributed by atoms with E-state index in [1.54, 1.807) is 0 Å². The standard InChI is InChI=1S/C12H21NO/c1-4-13-8-6-10-9-11(14)5-7-12(10,2)3/h9,13H,4-8H2,1-3H3. The zero-order chi connectivity index (χ0) is 10.6. The van der Waals surface area contributed by atoms with Gasteiger partial charge in [0.1, 0.15) is 0 Å². The van der Waals surface area contributed by atoms with Crippen molar-refractivity contribution in [1.82, 2.24) is 5.32 Å². The first kappa shape index (κ1) is 11.4. The first-order valence-corrected chi connectivity index (χ1v) is 5.51. The molecule has 0 unspecified atom stereocenters. The Morgan fingerprint density at radius 1 is 1.50 bits per heavy atom. The Balaban J connectivity index is 2.57. The molecular weight excluding hydrogens is 174 g/mol. The van der Waals surface area contributed by atoms with Crippen LogP contribution in [0.1, 0.15) is 40.0 Å². The third kappa shape index (κ3) is 2.95. The summed E-state index contributed by atoms with van der Waals surface area (Å²) >= 11 is 0. The highest BCUT2D eigenvalue weighted by Gasteiger charge is 2.27. The lowest BCUT2D eigenvalue weighted by molar-refractivity contribution is -0.115. The van der Waals surface area contributed by atoms with Crippen molar-refractivity contribution in [3.63, 3.8) is 0 Å². The lowest BCUT2D eigenvalue weighted by atomic mass is 9.74. The van der Waals surface area contributed by atoms with Crippen molar-refractivity contribution in [3.05, 3.63) is 11.6 Å². The van der Waals surface area contributed by atoms with E-state index < -0.39 is 0 Å². The molecule has 0 amide bonds. The molecule has 0 spiro atoms. The molecule has 1 rings (SSSR count). The molecule has 0 radical (unpaired) electrons. The van der Waals surface area contributed by atoms with Gasteiger partial charge in [0.25, 0.3) is 0 Å². The summed E-state index contributed by atoms with van der Waals surface area (Å²) in [5.74, 6) is 0.302. The molecule has 2 heteroatoms. The average Bonchev–Trinajstić information content (AvgIpc) is 2.12. The quantitative estimate of drug-likeness (QED) is 0.697. The molecule has 14 heavy (non-hydrogen) atoms. The molecule has 80 valence electrons. The second-order valence-corrected chi connectivity index (χ2v) is 4.62. The van der Waals surface area contributed by atoms with E-state index in [1.807, 2.05) is 6.08 Å². The molecule has 0 atom stereocenters. The topological polar surface area (TPSA) is 29.1 Å². The van der Waals surface area contributed by atoms with Crippen molar-refractivity contribution in [2.75, 3.05) is 13.1 Å². The lowest BCUT2D eigenvalue weighted by Crippen LogP contribution is -2.25. The van der Waals surface area contributed by atoms with E-state index in [2.05, 4.69) is 26.1 Å². The number of carbonyl (C=O) groups is 1. The largest absolute Gasteiger partial charge is 0.317 e. The van der Waals surface area contributed by atoms with Crippen LogP contribution in [0.5, 0.6) is 0 Å². The van der Waals surface area contributed by atoms with Gasteiger partial charge >= 0.3 is 0 Å². The van der Waals surface area contributed by atoms with Crippen molar-refractivity contribution in [3.8, 4) is 0 Å². The van der Waals surface area contributed by atoms with Gasteiger partial charge in [0, 0.05) is 6.42 Å². The Labute approximate surface area is 86.8 Å². The summed E-state index contributed by atoms with van der Waals surface area (Å²) in [5, 5.41) is 3.30. The van der Waals surface area contributed by atoms with Gasteiger partial charge < -0.3 is 5.32 Å². The fourth-order valence-electron chi connectivity index (χ4n) is 1.87. The highest BCUT2D eigenvalue weighted by Crippen LogP contribution is 2.36. The van der Waals surface area contributed by atoms with Crippen LogP contribution in [0.15, 0.2) is 11.6 Å².